The van der Waals surface area contributed by atoms with Crippen molar-refractivity contribution in [3.63, 3.8) is 0 Å². The Morgan fingerprint density at radius 3 is 2.11 bits per heavy atom. The maximum atomic E-state index is 11.5. The summed E-state index contributed by atoms with van der Waals surface area (Å²) in [5.74, 6) is -0.769. The number of phenols is 1. The second kappa shape index (κ2) is 4.63. The summed E-state index contributed by atoms with van der Waals surface area (Å²) in [7, 11) is 0. The normalized spacial score (nSPS) is 16.2. The highest BCUT2D eigenvalue weighted by Crippen LogP contribution is 2.42. The van der Waals surface area contributed by atoms with Crippen LogP contribution >= 0.6 is 0 Å². The van der Waals surface area contributed by atoms with E-state index in [0.29, 0.717) is 11.5 Å². The van der Waals surface area contributed by atoms with E-state index in [1.807, 2.05) is 13.8 Å². The number of benzene rings is 1. The summed E-state index contributed by atoms with van der Waals surface area (Å²) in [5.41, 5.74) is 3.73. The van der Waals surface area contributed by atoms with Gasteiger partial charge in [0.1, 0.15) is 11.3 Å². The molecule has 1 aromatic rings. The molecule has 2 N–H and O–H groups in total. The van der Waals surface area contributed by atoms with Gasteiger partial charge in [0.2, 0.25) is 0 Å². The Bertz CT molecular complexity index is 497. The molecule has 0 radical (unpaired) electrons. The van der Waals surface area contributed by atoms with Crippen molar-refractivity contribution < 1.29 is 15.0 Å². The molecular formula is C15H20O3. The molecule has 0 bridgehead atoms. The predicted octanol–water partition coefficient (Wildman–Crippen LogP) is 3.67. The molecule has 3 nitrogen and oxygen atoms in total. The highest BCUT2D eigenvalue weighted by Gasteiger charge is 2.29. The van der Waals surface area contributed by atoms with Crippen molar-refractivity contribution in [1.82, 2.24) is 0 Å². The molecule has 0 amide bonds. The van der Waals surface area contributed by atoms with Crippen LogP contribution in [0.4, 0.5) is 0 Å². The molecule has 0 atom stereocenters. The lowest BCUT2D eigenvalue weighted by Crippen LogP contribution is -2.11. The van der Waals surface area contributed by atoms with Crippen LogP contribution in [0.5, 0.6) is 5.75 Å². The van der Waals surface area contributed by atoms with Crippen LogP contribution in [0.2, 0.25) is 0 Å². The van der Waals surface area contributed by atoms with Gasteiger partial charge < -0.3 is 10.2 Å². The smallest absolute Gasteiger partial charge is 0.339 e. The zero-order chi connectivity index (χ0) is 13.4. The Morgan fingerprint density at radius 1 is 1.06 bits per heavy atom. The van der Waals surface area contributed by atoms with E-state index in [-0.39, 0.29) is 11.3 Å². The molecular weight excluding hydrogens is 228 g/mol. The number of hydrogen-bond acceptors (Lipinski definition) is 2. The first-order valence-electron chi connectivity index (χ1n) is 6.51. The van der Waals surface area contributed by atoms with Crippen molar-refractivity contribution in [2.24, 2.45) is 0 Å². The highest BCUT2D eigenvalue weighted by molar-refractivity contribution is 5.94. The molecule has 1 fully saturated rings. The van der Waals surface area contributed by atoms with Crippen molar-refractivity contribution >= 4 is 5.97 Å². The molecule has 18 heavy (non-hydrogen) atoms. The minimum absolute atomic E-state index is 0.0486. The summed E-state index contributed by atoms with van der Waals surface area (Å²) < 4.78 is 0. The number of carboxylic acid groups (broad SMARTS) is 1. The molecule has 3 heteroatoms. The second-order valence-electron chi connectivity index (χ2n) is 5.30. The number of aromatic hydroxyl groups is 1. The van der Waals surface area contributed by atoms with Crippen molar-refractivity contribution in [2.75, 3.05) is 0 Å². The van der Waals surface area contributed by atoms with Gasteiger partial charge in [-0.15, -0.1) is 0 Å². The summed E-state index contributed by atoms with van der Waals surface area (Å²) in [4.78, 5) is 11.5. The molecule has 0 spiro atoms. The number of rotatable bonds is 2. The lowest BCUT2D eigenvalue weighted by atomic mass is 9.84. The Labute approximate surface area is 107 Å². The van der Waals surface area contributed by atoms with E-state index in [9.17, 15) is 15.0 Å². The van der Waals surface area contributed by atoms with Gasteiger partial charge in [0.15, 0.2) is 0 Å². The van der Waals surface area contributed by atoms with Crippen LogP contribution in [0.15, 0.2) is 0 Å². The van der Waals surface area contributed by atoms with Crippen LogP contribution in [0.1, 0.15) is 64.2 Å². The largest absolute Gasteiger partial charge is 0.507 e. The van der Waals surface area contributed by atoms with Gasteiger partial charge in [-0.05, 0) is 61.8 Å². The second-order valence-corrected chi connectivity index (χ2v) is 5.30. The van der Waals surface area contributed by atoms with Crippen molar-refractivity contribution in [2.45, 2.75) is 52.4 Å². The summed E-state index contributed by atoms with van der Waals surface area (Å²) in [6.07, 6.45) is 4.36. The van der Waals surface area contributed by atoms with Crippen molar-refractivity contribution in [1.29, 1.82) is 0 Å². The van der Waals surface area contributed by atoms with E-state index in [4.69, 9.17) is 0 Å². The first-order chi connectivity index (χ1) is 8.45. The maximum Gasteiger partial charge on any atom is 0.339 e. The number of carboxylic acids is 1. The van der Waals surface area contributed by atoms with Gasteiger partial charge in [-0.1, -0.05) is 12.8 Å². The highest BCUT2D eigenvalue weighted by atomic mass is 16.4. The van der Waals surface area contributed by atoms with E-state index in [1.54, 1.807) is 6.92 Å². The molecule has 0 aromatic heterocycles. The first kappa shape index (κ1) is 12.9. The summed E-state index contributed by atoms with van der Waals surface area (Å²) in [5, 5.41) is 19.5. The van der Waals surface area contributed by atoms with Gasteiger partial charge in [0.05, 0.1) is 0 Å². The molecule has 2 rings (SSSR count). The summed E-state index contributed by atoms with van der Waals surface area (Å²) >= 11 is 0. The standard InChI is InChI=1S/C15H20O3/c1-8-9(2)12(11-6-4-5-7-11)13(15(17)18)14(16)10(8)3/h11,16H,4-7H2,1-3H3,(H,17,18). The van der Waals surface area contributed by atoms with Gasteiger partial charge in [0, 0.05) is 0 Å². The third-order valence-electron chi connectivity index (χ3n) is 4.37. The van der Waals surface area contributed by atoms with Crippen LogP contribution in [0.3, 0.4) is 0 Å². The molecule has 1 saturated carbocycles. The summed E-state index contributed by atoms with van der Waals surface area (Å²) in [6, 6.07) is 0. The Morgan fingerprint density at radius 2 is 1.61 bits per heavy atom. The van der Waals surface area contributed by atoms with Crippen molar-refractivity contribution in [3.8, 4) is 5.75 Å². The molecule has 1 aromatic carbocycles. The number of carbonyl (C=O) groups is 1. The molecule has 0 heterocycles. The van der Waals surface area contributed by atoms with E-state index in [0.717, 1.165) is 42.4 Å². The van der Waals surface area contributed by atoms with Crippen molar-refractivity contribution in [3.05, 3.63) is 27.8 Å². The fraction of sp³-hybridized carbons (Fsp3) is 0.533. The third-order valence-corrected chi connectivity index (χ3v) is 4.37. The minimum atomic E-state index is -1.01. The SMILES string of the molecule is Cc1c(C)c(O)c(C(=O)O)c(C2CCCC2)c1C. The monoisotopic (exact) mass is 248 g/mol. The van der Waals surface area contributed by atoms with Gasteiger partial charge in [-0.3, -0.25) is 0 Å². The predicted molar refractivity (Wildman–Crippen MR) is 70.5 cm³/mol. The average molecular weight is 248 g/mol. The summed E-state index contributed by atoms with van der Waals surface area (Å²) in [6.45, 7) is 5.71. The van der Waals surface area contributed by atoms with Crippen LogP contribution in [0.25, 0.3) is 0 Å². The van der Waals surface area contributed by atoms with Gasteiger partial charge >= 0.3 is 5.97 Å². The van der Waals surface area contributed by atoms with E-state index in [1.165, 1.54) is 0 Å². The minimum Gasteiger partial charge on any atom is -0.507 e. The van der Waals surface area contributed by atoms with Crippen LogP contribution in [-0.2, 0) is 0 Å². The molecule has 98 valence electrons. The van der Waals surface area contributed by atoms with E-state index in [2.05, 4.69) is 0 Å². The Hall–Kier alpha value is -1.51. The van der Waals surface area contributed by atoms with E-state index >= 15 is 0 Å². The topological polar surface area (TPSA) is 57.5 Å². The molecule has 1 aliphatic rings. The van der Waals surface area contributed by atoms with Crippen LogP contribution < -0.4 is 0 Å². The quantitative estimate of drug-likeness (QED) is 0.839. The molecule has 0 aliphatic heterocycles. The van der Waals surface area contributed by atoms with Crippen LogP contribution in [0, 0.1) is 20.8 Å². The molecule has 1 aliphatic carbocycles. The lowest BCUT2D eigenvalue weighted by molar-refractivity contribution is 0.0691. The van der Waals surface area contributed by atoms with Crippen LogP contribution in [-0.4, -0.2) is 16.2 Å². The molecule has 0 unspecified atom stereocenters. The fourth-order valence-electron chi connectivity index (χ4n) is 3.10. The van der Waals surface area contributed by atoms with Gasteiger partial charge in [0.25, 0.3) is 0 Å². The van der Waals surface area contributed by atoms with Gasteiger partial charge in [-0.2, -0.15) is 0 Å². The number of hydrogen-bond donors (Lipinski definition) is 2. The first-order valence-corrected chi connectivity index (χ1v) is 6.51. The van der Waals surface area contributed by atoms with Gasteiger partial charge in [-0.25, -0.2) is 4.79 Å². The zero-order valence-electron chi connectivity index (χ0n) is 11.2. The third kappa shape index (κ3) is 1.88. The molecule has 0 saturated heterocycles. The fourth-order valence-corrected chi connectivity index (χ4v) is 3.10. The number of aromatic carboxylic acids is 1. The van der Waals surface area contributed by atoms with E-state index < -0.39 is 5.97 Å². The lowest BCUT2D eigenvalue weighted by Gasteiger charge is -2.21. The zero-order valence-corrected chi connectivity index (χ0v) is 11.2. The maximum absolute atomic E-state index is 11.5. The Balaban J connectivity index is 2.72. The average Bonchev–Trinajstić information content (AvgIpc) is 2.83. The Kier molecular flexibility index (Phi) is 3.33.